The van der Waals surface area contributed by atoms with E-state index in [-0.39, 0.29) is 11.1 Å². The zero-order chi connectivity index (χ0) is 10.5. The Balaban J connectivity index is 4.61. The highest BCUT2D eigenvalue weighted by Crippen LogP contribution is 2.26. The molecule has 13 heavy (non-hydrogen) atoms. The third kappa shape index (κ3) is 2.87. The molecule has 0 bridgehead atoms. The third-order valence-electron chi connectivity index (χ3n) is 2.15. The number of rotatable bonds is 4. The Morgan fingerprint density at radius 3 is 2.15 bits per heavy atom. The Bertz CT molecular complexity index is 251. The van der Waals surface area contributed by atoms with Gasteiger partial charge in [0.2, 0.25) is 0 Å². The van der Waals surface area contributed by atoms with E-state index in [2.05, 4.69) is 0 Å². The number of hydrogen-bond acceptors (Lipinski definition) is 3. The predicted molar refractivity (Wildman–Crippen MR) is 51.1 cm³/mol. The molecule has 1 N–H and O–H groups in total. The molecule has 0 fully saturated rings. The van der Waals surface area contributed by atoms with Crippen LogP contribution in [0.15, 0.2) is 0 Å². The number of nitriles is 2. The Hall–Kier alpha value is -1.35. The fourth-order valence-electron chi connectivity index (χ4n) is 1.31. The summed E-state index contributed by atoms with van der Waals surface area (Å²) in [7, 11) is 0. The topological polar surface area (TPSA) is 71.4 Å². The van der Waals surface area contributed by atoms with Crippen molar-refractivity contribution in [2.75, 3.05) is 0 Å². The van der Waals surface area contributed by atoms with Crippen molar-refractivity contribution in [3.63, 3.8) is 0 Å². The van der Waals surface area contributed by atoms with Crippen molar-refractivity contribution in [1.29, 1.82) is 15.9 Å². The van der Waals surface area contributed by atoms with E-state index in [1.54, 1.807) is 0 Å². The van der Waals surface area contributed by atoms with Crippen LogP contribution in [0, 0.1) is 39.4 Å². The maximum absolute atomic E-state index is 8.61. The summed E-state index contributed by atoms with van der Waals surface area (Å²) in [5.74, 6) is -0.887. The lowest BCUT2D eigenvalue weighted by atomic mass is 9.78. The zero-order valence-corrected chi connectivity index (χ0v) is 8.39. The molecule has 0 radical (unpaired) electrons. The molecule has 0 aromatic rings. The summed E-state index contributed by atoms with van der Waals surface area (Å²) in [6, 6.07) is 3.66. The van der Waals surface area contributed by atoms with E-state index in [0.29, 0.717) is 0 Å². The van der Waals surface area contributed by atoms with E-state index in [9.17, 15) is 0 Å². The third-order valence-corrected chi connectivity index (χ3v) is 2.15. The van der Waals surface area contributed by atoms with Crippen LogP contribution in [0.5, 0.6) is 0 Å². The quantitative estimate of drug-likeness (QED) is 0.670. The largest absolute Gasteiger partial charge is 0.307 e. The van der Waals surface area contributed by atoms with Crippen molar-refractivity contribution in [3.05, 3.63) is 0 Å². The average Bonchev–Trinajstić information content (AvgIpc) is 2.06. The first-order valence-electron chi connectivity index (χ1n) is 4.37. The number of nitrogens with zero attached hydrogens (tertiary/aromatic N) is 2. The van der Waals surface area contributed by atoms with Crippen LogP contribution in [0.3, 0.4) is 0 Å². The highest BCUT2D eigenvalue weighted by molar-refractivity contribution is 5.92. The van der Waals surface area contributed by atoms with Crippen molar-refractivity contribution in [2.24, 2.45) is 11.3 Å². The predicted octanol–water partition coefficient (Wildman–Crippen LogP) is 2.50. The van der Waals surface area contributed by atoms with Gasteiger partial charge in [0.25, 0.3) is 0 Å². The lowest BCUT2D eigenvalue weighted by Gasteiger charge is -2.25. The molecule has 0 aromatic carbocycles. The molecule has 0 aromatic heterocycles. The Morgan fingerprint density at radius 2 is 1.85 bits per heavy atom. The van der Waals surface area contributed by atoms with Crippen LogP contribution >= 0.6 is 0 Å². The fraction of sp³-hybridized carbons (Fsp3) is 0.700. The van der Waals surface area contributed by atoms with Gasteiger partial charge in [0.15, 0.2) is 5.92 Å². The van der Waals surface area contributed by atoms with Crippen molar-refractivity contribution in [2.45, 2.75) is 33.6 Å². The Kier molecular flexibility index (Phi) is 4.14. The van der Waals surface area contributed by atoms with Crippen LogP contribution in [-0.2, 0) is 0 Å². The fourth-order valence-corrected chi connectivity index (χ4v) is 1.31. The second kappa shape index (κ2) is 4.62. The van der Waals surface area contributed by atoms with Gasteiger partial charge in [0.1, 0.15) is 0 Å². The molecule has 0 atom stereocenters. The summed E-state index contributed by atoms with van der Waals surface area (Å²) in [6.45, 7) is 5.84. The Morgan fingerprint density at radius 1 is 1.38 bits per heavy atom. The van der Waals surface area contributed by atoms with Gasteiger partial charge in [-0.25, -0.2) is 0 Å². The zero-order valence-electron chi connectivity index (χ0n) is 8.39. The first kappa shape index (κ1) is 11.6. The lowest BCUT2D eigenvalue weighted by Crippen LogP contribution is -2.28. The molecule has 0 aliphatic heterocycles. The van der Waals surface area contributed by atoms with Crippen molar-refractivity contribution < 1.29 is 0 Å². The van der Waals surface area contributed by atoms with Gasteiger partial charge in [0, 0.05) is 11.1 Å². The average molecular weight is 177 g/mol. The van der Waals surface area contributed by atoms with Gasteiger partial charge in [-0.3, -0.25) is 0 Å². The van der Waals surface area contributed by atoms with Gasteiger partial charge >= 0.3 is 0 Å². The van der Waals surface area contributed by atoms with E-state index in [4.69, 9.17) is 15.9 Å². The molecule has 3 heteroatoms. The SMILES string of the molecule is CCCC(C)(C)C(=N)C(C#N)C#N. The normalized spacial score (nSPS) is 10.6. The van der Waals surface area contributed by atoms with Gasteiger partial charge in [-0.05, 0) is 6.42 Å². The van der Waals surface area contributed by atoms with Gasteiger partial charge in [-0.1, -0.05) is 27.2 Å². The molecule has 0 amide bonds. The second-order valence-corrected chi connectivity index (χ2v) is 3.74. The van der Waals surface area contributed by atoms with E-state index in [1.165, 1.54) is 0 Å². The molecular formula is C10H15N3. The van der Waals surface area contributed by atoms with Gasteiger partial charge in [-0.15, -0.1) is 0 Å². The van der Waals surface area contributed by atoms with E-state index in [0.717, 1.165) is 12.8 Å². The van der Waals surface area contributed by atoms with Crippen LogP contribution in [0.1, 0.15) is 33.6 Å². The molecule has 0 saturated heterocycles. The molecule has 0 spiro atoms. The lowest BCUT2D eigenvalue weighted by molar-refractivity contribution is 0.456. The standard InChI is InChI=1S/C10H15N3/c1-4-5-10(2,3)9(13)8(6-11)7-12/h8,13H,4-5H2,1-3H3. The molecule has 70 valence electrons. The first-order valence-corrected chi connectivity index (χ1v) is 4.37. The van der Waals surface area contributed by atoms with Crippen molar-refractivity contribution >= 4 is 5.71 Å². The minimum absolute atomic E-state index is 0.236. The van der Waals surface area contributed by atoms with Crippen LogP contribution in [0.4, 0.5) is 0 Å². The molecule has 3 nitrogen and oxygen atoms in total. The molecule has 0 saturated carbocycles. The van der Waals surface area contributed by atoms with Crippen molar-refractivity contribution in [3.8, 4) is 12.1 Å². The van der Waals surface area contributed by atoms with Crippen molar-refractivity contribution in [1.82, 2.24) is 0 Å². The molecule has 0 heterocycles. The summed E-state index contributed by atoms with van der Waals surface area (Å²) in [5.41, 5.74) is -0.0930. The second-order valence-electron chi connectivity index (χ2n) is 3.74. The molecule has 0 aliphatic rings. The van der Waals surface area contributed by atoms with Crippen LogP contribution in [-0.4, -0.2) is 5.71 Å². The van der Waals surface area contributed by atoms with E-state index < -0.39 is 5.92 Å². The minimum atomic E-state index is -0.887. The molecular weight excluding hydrogens is 162 g/mol. The first-order chi connectivity index (χ1) is 5.99. The number of hydrogen-bond donors (Lipinski definition) is 1. The summed E-state index contributed by atoms with van der Waals surface area (Å²) >= 11 is 0. The summed E-state index contributed by atoms with van der Waals surface area (Å²) < 4.78 is 0. The molecule has 0 unspecified atom stereocenters. The highest BCUT2D eigenvalue weighted by atomic mass is 14.5. The Labute approximate surface area is 79.5 Å². The molecule has 0 rings (SSSR count). The van der Waals surface area contributed by atoms with Gasteiger partial charge in [-0.2, -0.15) is 10.5 Å². The molecule has 0 aliphatic carbocycles. The van der Waals surface area contributed by atoms with Crippen LogP contribution < -0.4 is 0 Å². The van der Waals surface area contributed by atoms with E-state index >= 15 is 0 Å². The van der Waals surface area contributed by atoms with Crippen LogP contribution in [0.25, 0.3) is 0 Å². The summed E-state index contributed by atoms with van der Waals surface area (Å²) in [6.07, 6.45) is 1.80. The minimum Gasteiger partial charge on any atom is -0.307 e. The van der Waals surface area contributed by atoms with Gasteiger partial charge < -0.3 is 5.41 Å². The number of nitrogens with one attached hydrogen (secondary N) is 1. The summed E-state index contributed by atoms with van der Waals surface area (Å²) in [4.78, 5) is 0. The smallest absolute Gasteiger partial charge is 0.171 e. The van der Waals surface area contributed by atoms with Crippen LogP contribution in [0.2, 0.25) is 0 Å². The highest BCUT2D eigenvalue weighted by Gasteiger charge is 2.29. The van der Waals surface area contributed by atoms with E-state index in [1.807, 2.05) is 32.9 Å². The maximum Gasteiger partial charge on any atom is 0.171 e. The monoisotopic (exact) mass is 177 g/mol. The van der Waals surface area contributed by atoms with Gasteiger partial charge in [0.05, 0.1) is 12.1 Å². The summed E-state index contributed by atoms with van der Waals surface area (Å²) in [5, 5.41) is 24.9. The maximum atomic E-state index is 8.61.